The summed E-state index contributed by atoms with van der Waals surface area (Å²) in [6, 6.07) is 4.79. The van der Waals surface area contributed by atoms with E-state index in [1.165, 1.54) is 14.2 Å². The van der Waals surface area contributed by atoms with Gasteiger partial charge < -0.3 is 14.3 Å². The molecule has 0 aromatic heterocycles. The normalized spacial score (nSPS) is 31.4. The highest BCUT2D eigenvalue weighted by Crippen LogP contribution is 2.61. The molecule has 0 heterocycles. The van der Waals surface area contributed by atoms with E-state index in [-0.39, 0.29) is 0 Å². The lowest BCUT2D eigenvalue weighted by Crippen LogP contribution is -2.48. The van der Waals surface area contributed by atoms with E-state index < -0.39 is 23.8 Å². The highest BCUT2D eigenvalue weighted by atomic mass is 16.7. The number of anilines is 1. The molecule has 0 aliphatic heterocycles. The van der Waals surface area contributed by atoms with Gasteiger partial charge >= 0.3 is 6.09 Å². The summed E-state index contributed by atoms with van der Waals surface area (Å²) < 4.78 is 27.5. The molecule has 4 aliphatic rings. The lowest BCUT2D eigenvalue weighted by atomic mass is 9.49. The molecule has 5 rings (SSSR count). The minimum Gasteiger partial charge on any atom is -0.497 e. The van der Waals surface area contributed by atoms with Gasteiger partial charge in [0.05, 0.1) is 19.9 Å². The molecule has 0 unspecified atom stereocenters. The molecule has 2 N–H and O–H groups in total. The maximum absolute atomic E-state index is 12.7. The lowest BCUT2D eigenvalue weighted by Gasteiger charge is -2.56. The van der Waals surface area contributed by atoms with Gasteiger partial charge in [-0.1, -0.05) is 0 Å². The second-order valence-electron chi connectivity index (χ2n) is 8.37. The van der Waals surface area contributed by atoms with Crippen molar-refractivity contribution >= 4 is 17.7 Å². The number of methoxy groups -OCH3 is 2. The maximum Gasteiger partial charge on any atom is 0.436 e. The summed E-state index contributed by atoms with van der Waals surface area (Å²) >= 11 is 0. The molecule has 28 heavy (non-hydrogen) atoms. The maximum atomic E-state index is 12.7. The summed E-state index contributed by atoms with van der Waals surface area (Å²) in [5.41, 5.74) is 1.73. The van der Waals surface area contributed by atoms with Crippen molar-refractivity contribution < 1.29 is 26.6 Å². The van der Waals surface area contributed by atoms with Crippen LogP contribution in [0.5, 0.6) is 11.5 Å². The zero-order chi connectivity index (χ0) is 21.5. The topological polar surface area (TPSA) is 85.9 Å². The molecule has 1 aromatic carbocycles. The molecule has 4 saturated carbocycles. The van der Waals surface area contributed by atoms with E-state index in [0.717, 1.165) is 38.5 Å². The van der Waals surface area contributed by atoms with Gasteiger partial charge in [0.15, 0.2) is 0 Å². The third-order valence-corrected chi connectivity index (χ3v) is 6.25. The van der Waals surface area contributed by atoms with Gasteiger partial charge in [0.25, 0.3) is 5.91 Å². The first-order valence-corrected chi connectivity index (χ1v) is 9.76. The van der Waals surface area contributed by atoms with Crippen molar-refractivity contribution in [1.29, 1.82) is 0 Å². The number of carbonyl (C=O) groups is 2. The van der Waals surface area contributed by atoms with Crippen LogP contribution < -0.4 is 20.3 Å². The summed E-state index contributed by atoms with van der Waals surface area (Å²) in [7, 11) is 2.98. The Morgan fingerprint density at radius 3 is 2.07 bits per heavy atom. The summed E-state index contributed by atoms with van der Waals surface area (Å²) in [5.74, 6) is 1.57. The predicted octanol–water partition coefficient (Wildman–Crippen LogP) is 3.89. The average molecular weight is 390 g/mol. The minimum absolute atomic E-state index is 0.356. The molecule has 0 radical (unpaired) electrons. The van der Waals surface area contributed by atoms with Crippen LogP contribution >= 0.6 is 0 Å². The molecular formula is C21H28N2O5. The van der Waals surface area contributed by atoms with Crippen molar-refractivity contribution in [3.63, 3.8) is 0 Å². The summed E-state index contributed by atoms with van der Waals surface area (Å²) in [5, 5.41) is 2.48. The van der Waals surface area contributed by atoms with Gasteiger partial charge in [0, 0.05) is 27.3 Å². The Bertz CT molecular complexity index is 787. The third kappa shape index (κ3) is 4.03. The molecule has 0 spiro atoms. The highest BCUT2D eigenvalue weighted by molar-refractivity contribution is 5.86. The second kappa shape index (κ2) is 7.53. The van der Waals surface area contributed by atoms with Crippen LogP contribution in [0.4, 0.5) is 10.5 Å². The van der Waals surface area contributed by atoms with Crippen molar-refractivity contribution in [2.45, 2.75) is 44.9 Å². The van der Waals surface area contributed by atoms with Crippen molar-refractivity contribution in [1.82, 2.24) is 5.48 Å². The number of amides is 2. The van der Waals surface area contributed by atoms with Gasteiger partial charge in [-0.25, -0.2) is 4.79 Å². The zero-order valence-corrected chi connectivity index (χ0v) is 16.2. The molecule has 7 nitrogen and oxygen atoms in total. The Hall–Kier alpha value is -2.44. The van der Waals surface area contributed by atoms with Crippen molar-refractivity contribution in [2.24, 2.45) is 23.2 Å². The molecule has 4 fully saturated rings. The Morgan fingerprint density at radius 1 is 1.04 bits per heavy atom. The van der Waals surface area contributed by atoms with E-state index in [1.807, 2.05) is 5.48 Å². The largest absolute Gasteiger partial charge is 0.497 e. The Labute approximate surface area is 167 Å². The van der Waals surface area contributed by atoms with E-state index in [9.17, 15) is 9.59 Å². The van der Waals surface area contributed by atoms with E-state index in [1.54, 1.807) is 18.2 Å². The number of benzene rings is 1. The fourth-order valence-corrected chi connectivity index (χ4v) is 5.65. The number of hydroxylamine groups is 1. The first-order chi connectivity index (χ1) is 14.2. The smallest absolute Gasteiger partial charge is 0.436 e. The van der Waals surface area contributed by atoms with Gasteiger partial charge in [0.1, 0.15) is 11.5 Å². The number of rotatable bonds is 5. The number of carbonyl (C=O) groups excluding carboxylic acids is 2. The molecule has 7 heteroatoms. The van der Waals surface area contributed by atoms with Crippen LogP contribution in [0.3, 0.4) is 0 Å². The molecule has 0 atom stereocenters. The number of ether oxygens (including phenoxy) is 2. The summed E-state index contributed by atoms with van der Waals surface area (Å²) in [6.07, 6.45) is 2.63. The molecule has 2 amide bonds. The highest BCUT2D eigenvalue weighted by Gasteiger charge is 2.51. The number of hydrogen-bond donors (Lipinski definition) is 2. The average Bonchev–Trinajstić information content (AvgIpc) is 2.70. The Kier molecular flexibility index (Phi) is 4.44. The molecule has 4 bridgehead atoms. The van der Waals surface area contributed by atoms with E-state index in [4.69, 9.17) is 17.1 Å². The molecule has 0 saturated heterocycles. The lowest BCUT2D eigenvalue weighted by molar-refractivity contribution is -0.137. The van der Waals surface area contributed by atoms with Crippen LogP contribution in [0, 0.1) is 23.2 Å². The number of hydrogen-bond acceptors (Lipinski definition) is 5. The molecular weight excluding hydrogens is 360 g/mol. The fraction of sp³-hybridized carbons (Fsp3) is 0.619. The quantitative estimate of drug-likeness (QED) is 0.745. The molecule has 152 valence electrons. The standard InChI is InChI=1S/C21H28N2O5/c1-26-17-6-16(7-18(8-17)27-2)22-20(25)28-23-19(24)12-21-9-13-3-14(10-21)5-15(4-13)11-21/h6-8,13-15H,3-5,9-12H2,1-2H3,(H,22,25)(H,23,24)/i12D2. The summed E-state index contributed by atoms with van der Waals surface area (Å²) in [6.45, 7) is 0. The van der Waals surface area contributed by atoms with Gasteiger partial charge in [-0.15, -0.1) is 0 Å². The molecule has 1 aromatic rings. The SMILES string of the molecule is [2H]C([2H])(C(=O)NOC(=O)Nc1cc(OC)cc(OC)c1)C12CC3CC(CC(C3)C1)C2. The summed E-state index contributed by atoms with van der Waals surface area (Å²) in [4.78, 5) is 29.7. The predicted molar refractivity (Wildman–Crippen MR) is 103 cm³/mol. The van der Waals surface area contributed by atoms with E-state index in [2.05, 4.69) is 5.32 Å². The van der Waals surface area contributed by atoms with Crippen LogP contribution in [0.15, 0.2) is 18.2 Å². The van der Waals surface area contributed by atoms with Crippen LogP contribution in [-0.4, -0.2) is 26.2 Å². The van der Waals surface area contributed by atoms with Crippen LogP contribution in [0.25, 0.3) is 0 Å². The van der Waals surface area contributed by atoms with E-state index in [0.29, 0.717) is 34.9 Å². The zero-order valence-electron chi connectivity index (χ0n) is 18.2. The number of nitrogens with one attached hydrogen (secondary N) is 2. The van der Waals surface area contributed by atoms with Gasteiger partial charge in [-0.05, 0) is 61.7 Å². The van der Waals surface area contributed by atoms with Crippen LogP contribution in [0.1, 0.15) is 47.6 Å². The third-order valence-electron chi connectivity index (χ3n) is 6.25. The van der Waals surface area contributed by atoms with Gasteiger partial charge in [0.2, 0.25) is 0 Å². The van der Waals surface area contributed by atoms with Crippen LogP contribution in [-0.2, 0) is 9.63 Å². The fourth-order valence-electron chi connectivity index (χ4n) is 5.65. The van der Waals surface area contributed by atoms with Crippen molar-refractivity contribution in [3.8, 4) is 11.5 Å². The van der Waals surface area contributed by atoms with Crippen molar-refractivity contribution in [2.75, 3.05) is 19.5 Å². The minimum atomic E-state index is -2.09. The first kappa shape index (κ1) is 16.5. The monoisotopic (exact) mass is 390 g/mol. The Balaban J connectivity index is 1.38. The first-order valence-electron chi connectivity index (χ1n) is 10.8. The molecule has 4 aliphatic carbocycles. The second-order valence-corrected chi connectivity index (χ2v) is 8.37. The van der Waals surface area contributed by atoms with Gasteiger partial charge in [-0.3, -0.25) is 10.1 Å². The van der Waals surface area contributed by atoms with Crippen LogP contribution in [0.2, 0.25) is 0 Å². The van der Waals surface area contributed by atoms with Gasteiger partial charge in [-0.2, -0.15) is 5.48 Å². The van der Waals surface area contributed by atoms with Crippen molar-refractivity contribution in [3.05, 3.63) is 18.2 Å². The Morgan fingerprint density at radius 2 is 1.57 bits per heavy atom. The van der Waals surface area contributed by atoms with E-state index >= 15 is 0 Å².